The van der Waals surface area contributed by atoms with E-state index in [1.165, 1.54) is 0 Å². The van der Waals surface area contributed by atoms with Gasteiger partial charge in [-0.3, -0.25) is 9.59 Å². The molecule has 1 heterocycles. The van der Waals surface area contributed by atoms with E-state index in [0.717, 1.165) is 0 Å². The number of benzene rings is 1. The summed E-state index contributed by atoms with van der Waals surface area (Å²) in [5, 5.41) is 5.49. The van der Waals surface area contributed by atoms with E-state index in [9.17, 15) is 9.59 Å². The van der Waals surface area contributed by atoms with Gasteiger partial charge in [-0.2, -0.15) is 0 Å². The summed E-state index contributed by atoms with van der Waals surface area (Å²) in [7, 11) is 0. The highest BCUT2D eigenvalue weighted by Gasteiger charge is 2.28. The molecule has 114 valence electrons. The lowest BCUT2D eigenvalue weighted by atomic mass is 9.87. The Hall–Kier alpha value is -2.08. The predicted octanol–water partition coefficient (Wildman–Crippen LogP) is 1.72. The minimum absolute atomic E-state index is 0.211. The van der Waals surface area contributed by atoms with E-state index in [1.807, 2.05) is 20.8 Å². The normalized spacial score (nSPS) is 19.1. The molecule has 6 heteroatoms. The van der Waals surface area contributed by atoms with Crippen LogP contribution in [0, 0.1) is 5.41 Å². The minimum Gasteiger partial charge on any atom is -0.479 e. The van der Waals surface area contributed by atoms with E-state index in [4.69, 9.17) is 10.5 Å². The number of nitrogens with one attached hydrogen (secondary N) is 2. The summed E-state index contributed by atoms with van der Waals surface area (Å²) in [4.78, 5) is 23.7. The second-order valence-electron chi connectivity index (χ2n) is 6.29. The number of ether oxygens (including phenoxy) is 1. The van der Waals surface area contributed by atoms with Crippen LogP contribution in [-0.2, 0) is 9.59 Å². The molecule has 0 bridgehead atoms. The van der Waals surface area contributed by atoms with Crippen LogP contribution >= 0.6 is 0 Å². The summed E-state index contributed by atoms with van der Waals surface area (Å²) in [6.07, 6.45) is -0.521. The number of anilines is 2. The average molecular weight is 291 g/mol. The number of carbonyl (C=O) groups is 2. The lowest BCUT2D eigenvalue weighted by molar-refractivity contribution is -0.122. The highest BCUT2D eigenvalue weighted by Crippen LogP contribution is 2.32. The molecule has 0 saturated carbocycles. The van der Waals surface area contributed by atoms with Crippen molar-refractivity contribution in [3.63, 3.8) is 0 Å². The van der Waals surface area contributed by atoms with Crippen molar-refractivity contribution in [2.75, 3.05) is 10.6 Å². The van der Waals surface area contributed by atoms with Crippen LogP contribution in [0.4, 0.5) is 11.4 Å². The zero-order valence-corrected chi connectivity index (χ0v) is 12.7. The van der Waals surface area contributed by atoms with Gasteiger partial charge in [0.05, 0.1) is 11.7 Å². The minimum atomic E-state index is -0.626. The van der Waals surface area contributed by atoms with E-state index < -0.39 is 12.1 Å². The van der Waals surface area contributed by atoms with Crippen LogP contribution in [0.2, 0.25) is 0 Å². The highest BCUT2D eigenvalue weighted by molar-refractivity contribution is 6.00. The van der Waals surface area contributed by atoms with E-state index >= 15 is 0 Å². The van der Waals surface area contributed by atoms with Crippen molar-refractivity contribution in [2.24, 2.45) is 11.1 Å². The number of hydrogen-bond donors (Lipinski definition) is 3. The zero-order valence-electron chi connectivity index (χ0n) is 12.7. The third-order valence-electron chi connectivity index (χ3n) is 3.39. The van der Waals surface area contributed by atoms with Crippen LogP contribution in [0.3, 0.4) is 0 Å². The Morgan fingerprint density at radius 1 is 1.43 bits per heavy atom. The zero-order chi connectivity index (χ0) is 15.8. The van der Waals surface area contributed by atoms with Crippen molar-refractivity contribution in [1.82, 2.24) is 0 Å². The van der Waals surface area contributed by atoms with Crippen molar-refractivity contribution in [2.45, 2.75) is 39.8 Å². The highest BCUT2D eigenvalue weighted by atomic mass is 16.5. The van der Waals surface area contributed by atoms with Gasteiger partial charge in [0.2, 0.25) is 5.91 Å². The SMILES string of the molecule is CC1Oc2ccc(NC(=O)[C@H](N)C(C)(C)C)cc2NC1=O. The van der Waals surface area contributed by atoms with Crippen molar-refractivity contribution in [3.8, 4) is 5.75 Å². The first kappa shape index (κ1) is 15.3. The molecular formula is C15H21N3O3. The van der Waals surface area contributed by atoms with Crippen LogP contribution in [-0.4, -0.2) is 24.0 Å². The van der Waals surface area contributed by atoms with E-state index in [1.54, 1.807) is 25.1 Å². The predicted molar refractivity (Wildman–Crippen MR) is 81.2 cm³/mol. The molecule has 0 aromatic heterocycles. The largest absolute Gasteiger partial charge is 0.479 e. The van der Waals surface area contributed by atoms with Gasteiger partial charge in [-0.15, -0.1) is 0 Å². The molecule has 1 unspecified atom stereocenters. The number of fused-ring (bicyclic) bond motifs is 1. The van der Waals surface area contributed by atoms with Crippen molar-refractivity contribution >= 4 is 23.2 Å². The summed E-state index contributed by atoms with van der Waals surface area (Å²) in [5.74, 6) is 0.108. The first-order valence-electron chi connectivity index (χ1n) is 6.86. The monoisotopic (exact) mass is 291 g/mol. The molecule has 1 aromatic carbocycles. The third kappa shape index (κ3) is 3.33. The Labute approximate surface area is 124 Å². The van der Waals surface area contributed by atoms with Crippen molar-refractivity contribution in [1.29, 1.82) is 0 Å². The van der Waals surface area contributed by atoms with Gasteiger partial charge in [-0.25, -0.2) is 0 Å². The molecular weight excluding hydrogens is 270 g/mol. The Balaban J connectivity index is 2.15. The molecule has 4 N–H and O–H groups in total. The molecule has 0 radical (unpaired) electrons. The number of carbonyl (C=O) groups excluding carboxylic acids is 2. The van der Waals surface area contributed by atoms with Gasteiger partial charge >= 0.3 is 0 Å². The van der Waals surface area contributed by atoms with Crippen LogP contribution in [0.1, 0.15) is 27.7 Å². The van der Waals surface area contributed by atoms with Gasteiger partial charge in [0.25, 0.3) is 5.91 Å². The molecule has 2 atom stereocenters. The fourth-order valence-corrected chi connectivity index (χ4v) is 1.90. The van der Waals surface area contributed by atoms with Gasteiger partial charge in [0.15, 0.2) is 6.10 Å². The van der Waals surface area contributed by atoms with E-state index in [0.29, 0.717) is 17.1 Å². The maximum Gasteiger partial charge on any atom is 0.265 e. The first-order valence-corrected chi connectivity index (χ1v) is 6.86. The summed E-state index contributed by atoms with van der Waals surface area (Å²) < 4.78 is 5.46. The molecule has 1 aliphatic heterocycles. The molecule has 0 saturated heterocycles. The topological polar surface area (TPSA) is 93.4 Å². The average Bonchev–Trinajstić information content (AvgIpc) is 2.38. The van der Waals surface area contributed by atoms with Crippen LogP contribution < -0.4 is 21.1 Å². The van der Waals surface area contributed by atoms with Crippen molar-refractivity contribution in [3.05, 3.63) is 18.2 Å². The van der Waals surface area contributed by atoms with E-state index in [2.05, 4.69) is 10.6 Å². The third-order valence-corrected chi connectivity index (χ3v) is 3.39. The van der Waals surface area contributed by atoms with Crippen molar-refractivity contribution < 1.29 is 14.3 Å². The molecule has 0 fully saturated rings. The Kier molecular flexibility index (Phi) is 3.91. The second-order valence-corrected chi connectivity index (χ2v) is 6.29. The van der Waals surface area contributed by atoms with Gasteiger partial charge in [-0.1, -0.05) is 20.8 Å². The lowest BCUT2D eigenvalue weighted by Crippen LogP contribution is -2.45. The van der Waals surface area contributed by atoms with Gasteiger partial charge in [0.1, 0.15) is 5.75 Å². The molecule has 2 rings (SSSR count). The van der Waals surface area contributed by atoms with Crippen LogP contribution in [0.15, 0.2) is 18.2 Å². The van der Waals surface area contributed by atoms with Gasteiger partial charge in [-0.05, 0) is 30.5 Å². The molecule has 0 aliphatic carbocycles. The molecule has 2 amide bonds. The second kappa shape index (κ2) is 5.37. The molecule has 1 aromatic rings. The molecule has 21 heavy (non-hydrogen) atoms. The maximum atomic E-state index is 12.1. The Bertz CT molecular complexity index is 578. The molecule has 6 nitrogen and oxygen atoms in total. The standard InChI is InChI=1S/C15H21N3O3/c1-8-13(19)18-10-7-9(5-6-11(10)21-8)17-14(20)12(16)15(2,3)4/h5-8,12H,16H2,1-4H3,(H,17,20)(H,18,19)/t8?,12-/m0/s1. The fourth-order valence-electron chi connectivity index (χ4n) is 1.90. The molecule has 0 spiro atoms. The van der Waals surface area contributed by atoms with E-state index in [-0.39, 0.29) is 17.2 Å². The first-order chi connectivity index (χ1) is 9.68. The number of amides is 2. The smallest absolute Gasteiger partial charge is 0.265 e. The fraction of sp³-hybridized carbons (Fsp3) is 0.467. The number of nitrogens with two attached hydrogens (primary N) is 1. The van der Waals surface area contributed by atoms with Crippen LogP contribution in [0.5, 0.6) is 5.75 Å². The summed E-state index contributed by atoms with van der Waals surface area (Å²) in [6.45, 7) is 7.38. The van der Waals surface area contributed by atoms with Gasteiger partial charge < -0.3 is 21.1 Å². The maximum absolute atomic E-state index is 12.1. The lowest BCUT2D eigenvalue weighted by Gasteiger charge is -2.26. The summed E-state index contributed by atoms with van der Waals surface area (Å²) >= 11 is 0. The number of hydrogen-bond acceptors (Lipinski definition) is 4. The number of rotatable bonds is 2. The summed E-state index contributed by atoms with van der Waals surface area (Å²) in [6, 6.07) is 4.46. The van der Waals surface area contributed by atoms with Crippen LogP contribution in [0.25, 0.3) is 0 Å². The quantitative estimate of drug-likeness (QED) is 0.773. The van der Waals surface area contributed by atoms with Gasteiger partial charge in [0, 0.05) is 5.69 Å². The molecule has 1 aliphatic rings. The Morgan fingerprint density at radius 2 is 2.10 bits per heavy atom. The Morgan fingerprint density at radius 3 is 2.71 bits per heavy atom. The summed E-state index contributed by atoms with van der Waals surface area (Å²) in [5.41, 5.74) is 6.69.